The number of rotatable bonds is 6. The molecule has 0 aromatic carbocycles. The van der Waals surface area contributed by atoms with Crippen LogP contribution in [0.25, 0.3) is 0 Å². The van der Waals surface area contributed by atoms with Crippen LogP contribution in [0.4, 0.5) is 0 Å². The Labute approximate surface area is 90.9 Å². The normalized spacial score (nSPS) is 12.0. The van der Waals surface area contributed by atoms with Crippen LogP contribution >= 0.6 is 11.3 Å². The highest BCUT2D eigenvalue weighted by atomic mass is 32.1. The van der Waals surface area contributed by atoms with Gasteiger partial charge in [0.15, 0.2) is 0 Å². The topological polar surface area (TPSA) is 12.0 Å². The summed E-state index contributed by atoms with van der Waals surface area (Å²) in [4.78, 5) is 0. The third-order valence-corrected chi connectivity index (χ3v) is 3.01. The van der Waals surface area contributed by atoms with E-state index in [0.29, 0.717) is 0 Å². The third-order valence-electron chi connectivity index (χ3n) is 2.28. The highest BCUT2D eigenvalue weighted by molar-refractivity contribution is 7.07. The van der Waals surface area contributed by atoms with Crippen LogP contribution in [-0.4, -0.2) is 13.6 Å². The predicted molar refractivity (Wildman–Crippen MR) is 64.9 cm³/mol. The lowest BCUT2D eigenvalue weighted by molar-refractivity contribution is 0.799. The van der Waals surface area contributed by atoms with Gasteiger partial charge < -0.3 is 5.32 Å². The summed E-state index contributed by atoms with van der Waals surface area (Å²) < 4.78 is 0. The van der Waals surface area contributed by atoms with E-state index in [1.807, 2.05) is 7.05 Å². The molecule has 0 fully saturated rings. The first-order chi connectivity index (χ1) is 6.83. The van der Waals surface area contributed by atoms with Crippen LogP contribution < -0.4 is 5.32 Å². The van der Waals surface area contributed by atoms with E-state index in [0.717, 1.165) is 13.0 Å². The Hall–Kier alpha value is -0.600. The largest absolute Gasteiger partial charge is 0.319 e. The second kappa shape index (κ2) is 6.80. The van der Waals surface area contributed by atoms with Gasteiger partial charge in [-0.2, -0.15) is 11.3 Å². The molecule has 1 nitrogen and oxygen atoms in total. The number of hydrogen-bond donors (Lipinski definition) is 1. The van der Waals surface area contributed by atoms with Crippen LogP contribution in [0.1, 0.15) is 25.3 Å². The maximum atomic E-state index is 3.15. The molecule has 1 rings (SSSR count). The molecule has 1 N–H and O–H groups in total. The van der Waals surface area contributed by atoms with Crippen molar-refractivity contribution in [3.63, 3.8) is 0 Å². The monoisotopic (exact) mass is 209 g/mol. The summed E-state index contributed by atoms with van der Waals surface area (Å²) in [6.45, 7) is 3.30. The average Bonchev–Trinajstić information content (AvgIpc) is 2.68. The lowest BCUT2D eigenvalue weighted by Crippen LogP contribution is -2.06. The molecule has 2 heteroatoms. The van der Waals surface area contributed by atoms with E-state index >= 15 is 0 Å². The molecule has 1 heterocycles. The maximum Gasteiger partial charge on any atom is -0.00172 e. The fourth-order valence-corrected chi connectivity index (χ4v) is 2.04. The second-order valence-corrected chi connectivity index (χ2v) is 4.35. The molecule has 14 heavy (non-hydrogen) atoms. The van der Waals surface area contributed by atoms with Crippen molar-refractivity contribution >= 4 is 11.3 Å². The van der Waals surface area contributed by atoms with Crippen LogP contribution in [0.5, 0.6) is 0 Å². The van der Waals surface area contributed by atoms with Crippen molar-refractivity contribution in [3.05, 3.63) is 34.0 Å². The minimum Gasteiger partial charge on any atom is -0.319 e. The lowest BCUT2D eigenvalue weighted by Gasteiger charge is -2.00. The predicted octanol–water partition coefficient (Wildman–Crippen LogP) is 3.24. The van der Waals surface area contributed by atoms with Crippen LogP contribution in [0.2, 0.25) is 0 Å². The SMILES string of the molecule is CNCCC=C(C)CCc1ccsc1. The Morgan fingerprint density at radius 3 is 3.07 bits per heavy atom. The minimum atomic E-state index is 1.08. The Bertz CT molecular complexity index is 262. The molecule has 1 aromatic heterocycles. The third kappa shape index (κ3) is 4.58. The molecule has 0 unspecified atom stereocenters. The van der Waals surface area contributed by atoms with Gasteiger partial charge in [-0.3, -0.25) is 0 Å². The zero-order valence-corrected chi connectivity index (χ0v) is 9.86. The van der Waals surface area contributed by atoms with E-state index in [1.54, 1.807) is 11.3 Å². The van der Waals surface area contributed by atoms with Crippen LogP contribution in [0.3, 0.4) is 0 Å². The molecule has 78 valence electrons. The van der Waals surface area contributed by atoms with Crippen LogP contribution in [-0.2, 0) is 6.42 Å². The summed E-state index contributed by atoms with van der Waals surface area (Å²) in [5, 5.41) is 7.53. The highest BCUT2D eigenvalue weighted by Crippen LogP contribution is 2.12. The van der Waals surface area contributed by atoms with Crippen LogP contribution in [0.15, 0.2) is 28.5 Å². The summed E-state index contributed by atoms with van der Waals surface area (Å²) in [5.41, 5.74) is 2.97. The van der Waals surface area contributed by atoms with Gasteiger partial charge in [-0.1, -0.05) is 11.6 Å². The number of nitrogens with one attached hydrogen (secondary N) is 1. The zero-order valence-electron chi connectivity index (χ0n) is 9.05. The summed E-state index contributed by atoms with van der Waals surface area (Å²) in [6.07, 6.45) is 5.86. The van der Waals surface area contributed by atoms with E-state index in [4.69, 9.17) is 0 Å². The molecule has 0 saturated heterocycles. The average molecular weight is 209 g/mol. The van der Waals surface area contributed by atoms with Gasteiger partial charge in [0, 0.05) is 0 Å². The first-order valence-corrected chi connectivity index (χ1v) is 6.08. The van der Waals surface area contributed by atoms with Crippen molar-refractivity contribution in [2.45, 2.75) is 26.2 Å². The Morgan fingerprint density at radius 2 is 2.43 bits per heavy atom. The molecular formula is C12H19NS. The van der Waals surface area contributed by atoms with E-state index in [2.05, 4.69) is 35.1 Å². The molecule has 0 aliphatic carbocycles. The molecule has 0 bridgehead atoms. The maximum absolute atomic E-state index is 3.15. The molecule has 0 aliphatic rings. The van der Waals surface area contributed by atoms with E-state index in [1.165, 1.54) is 24.0 Å². The number of aryl methyl sites for hydroxylation is 1. The molecule has 1 aromatic rings. The fraction of sp³-hybridized carbons (Fsp3) is 0.500. The molecule has 0 saturated carbocycles. The van der Waals surface area contributed by atoms with Crippen molar-refractivity contribution < 1.29 is 0 Å². The van der Waals surface area contributed by atoms with Gasteiger partial charge in [-0.25, -0.2) is 0 Å². The minimum absolute atomic E-state index is 1.08. The molecule has 0 spiro atoms. The summed E-state index contributed by atoms with van der Waals surface area (Å²) >= 11 is 1.78. The first kappa shape index (κ1) is 11.5. The molecule has 0 amide bonds. The van der Waals surface area contributed by atoms with Gasteiger partial charge in [0.05, 0.1) is 0 Å². The second-order valence-electron chi connectivity index (χ2n) is 3.57. The Balaban J connectivity index is 2.20. The zero-order chi connectivity index (χ0) is 10.2. The van der Waals surface area contributed by atoms with E-state index in [9.17, 15) is 0 Å². The Kier molecular flexibility index (Phi) is 5.57. The highest BCUT2D eigenvalue weighted by Gasteiger charge is 1.94. The standard InChI is InChI=1S/C12H19NS/c1-11(4-3-8-13-2)5-6-12-7-9-14-10-12/h4,7,9-10,13H,3,5-6,8H2,1-2H3. The van der Waals surface area contributed by atoms with Crippen molar-refractivity contribution in [2.24, 2.45) is 0 Å². The van der Waals surface area contributed by atoms with Gasteiger partial charge in [0.2, 0.25) is 0 Å². The quantitative estimate of drug-likeness (QED) is 0.560. The van der Waals surface area contributed by atoms with Crippen molar-refractivity contribution in [3.8, 4) is 0 Å². The number of allylic oxidation sites excluding steroid dienone is 1. The van der Waals surface area contributed by atoms with Crippen LogP contribution in [0, 0.1) is 0 Å². The van der Waals surface area contributed by atoms with Gasteiger partial charge in [-0.15, -0.1) is 0 Å². The molecule has 0 radical (unpaired) electrons. The van der Waals surface area contributed by atoms with Crippen molar-refractivity contribution in [1.29, 1.82) is 0 Å². The van der Waals surface area contributed by atoms with E-state index < -0.39 is 0 Å². The smallest absolute Gasteiger partial charge is 0.00172 e. The van der Waals surface area contributed by atoms with Gasteiger partial charge in [0.25, 0.3) is 0 Å². The molecule has 0 aliphatic heterocycles. The van der Waals surface area contributed by atoms with Crippen molar-refractivity contribution in [1.82, 2.24) is 5.32 Å². The number of thiophene rings is 1. The Morgan fingerprint density at radius 1 is 1.57 bits per heavy atom. The number of hydrogen-bond acceptors (Lipinski definition) is 2. The van der Waals surface area contributed by atoms with Gasteiger partial charge in [0.1, 0.15) is 0 Å². The van der Waals surface area contributed by atoms with Gasteiger partial charge in [-0.05, 0) is 62.2 Å². The first-order valence-electron chi connectivity index (χ1n) is 5.14. The lowest BCUT2D eigenvalue weighted by atomic mass is 10.1. The van der Waals surface area contributed by atoms with Gasteiger partial charge >= 0.3 is 0 Å². The molecule has 0 atom stereocenters. The summed E-state index contributed by atoms with van der Waals surface area (Å²) in [6, 6.07) is 2.21. The van der Waals surface area contributed by atoms with E-state index in [-0.39, 0.29) is 0 Å². The fourth-order valence-electron chi connectivity index (χ4n) is 1.34. The summed E-state index contributed by atoms with van der Waals surface area (Å²) in [5.74, 6) is 0. The summed E-state index contributed by atoms with van der Waals surface area (Å²) in [7, 11) is 1.99. The van der Waals surface area contributed by atoms with Crippen molar-refractivity contribution in [2.75, 3.05) is 13.6 Å². The molecular weight excluding hydrogens is 190 g/mol.